The summed E-state index contributed by atoms with van der Waals surface area (Å²) >= 11 is 0. The number of anilines is 3. The Kier molecular flexibility index (Phi) is 4.74. The number of pyridine rings is 1. The number of hydrogen-bond acceptors (Lipinski definition) is 8. The lowest BCUT2D eigenvalue weighted by atomic mass is 10.1. The number of aromatic nitrogens is 3. The molecule has 3 aromatic rings. The van der Waals surface area contributed by atoms with Gasteiger partial charge in [-0.2, -0.15) is 0 Å². The van der Waals surface area contributed by atoms with E-state index in [1.807, 2.05) is 24.3 Å². The fraction of sp³-hybridized carbons (Fsp3) is 0.316. The molecule has 4 N–H and O–H groups in total. The quantitative estimate of drug-likeness (QED) is 0.532. The number of hydrazine groups is 1. The van der Waals surface area contributed by atoms with E-state index in [0.29, 0.717) is 31.4 Å². The predicted octanol–water partition coefficient (Wildman–Crippen LogP) is 1.71. The minimum atomic E-state index is 0.226. The molecule has 1 saturated heterocycles. The molecule has 0 radical (unpaired) electrons. The summed E-state index contributed by atoms with van der Waals surface area (Å²) in [6.07, 6.45) is 3.47. The summed E-state index contributed by atoms with van der Waals surface area (Å²) in [5.41, 5.74) is 8.05. The molecule has 1 fully saturated rings. The van der Waals surface area contributed by atoms with Gasteiger partial charge in [0.15, 0.2) is 11.6 Å². The lowest BCUT2D eigenvalue weighted by molar-refractivity contribution is 0.0985. The Balaban J connectivity index is 1.58. The first-order valence-corrected chi connectivity index (χ1v) is 8.94. The van der Waals surface area contributed by atoms with Gasteiger partial charge in [0.2, 0.25) is 0 Å². The summed E-state index contributed by atoms with van der Waals surface area (Å²) in [5.74, 6) is 7.83. The summed E-state index contributed by atoms with van der Waals surface area (Å²) in [7, 11) is 0. The molecule has 1 aliphatic rings. The van der Waals surface area contributed by atoms with Gasteiger partial charge in [0.05, 0.1) is 37.5 Å². The number of nitrogens with two attached hydrogens (primary N) is 2. The first kappa shape index (κ1) is 17.4. The lowest BCUT2D eigenvalue weighted by Crippen LogP contribution is -2.44. The molecule has 0 unspecified atom stereocenters. The van der Waals surface area contributed by atoms with Crippen molar-refractivity contribution in [1.82, 2.24) is 15.0 Å². The Morgan fingerprint density at radius 2 is 2.19 bits per heavy atom. The van der Waals surface area contributed by atoms with E-state index in [2.05, 4.69) is 32.8 Å². The fourth-order valence-corrected chi connectivity index (χ4v) is 3.29. The molecule has 4 rings (SSSR count). The Labute approximate surface area is 157 Å². The summed E-state index contributed by atoms with van der Waals surface area (Å²) in [6.45, 7) is 4.66. The van der Waals surface area contributed by atoms with Crippen LogP contribution in [0.1, 0.15) is 12.5 Å². The van der Waals surface area contributed by atoms with E-state index < -0.39 is 0 Å². The number of nitrogen functional groups attached to an aromatic ring is 1. The molecule has 1 atom stereocenters. The number of nitrogens with zero attached hydrogens (tertiary/aromatic N) is 5. The zero-order chi connectivity index (χ0) is 18.8. The number of ether oxygens (including phenoxy) is 1. The molecule has 0 aliphatic carbocycles. The van der Waals surface area contributed by atoms with Crippen LogP contribution in [0.15, 0.2) is 42.7 Å². The van der Waals surface area contributed by atoms with Gasteiger partial charge >= 0.3 is 0 Å². The molecule has 1 aliphatic heterocycles. The summed E-state index contributed by atoms with van der Waals surface area (Å²) in [5, 5.41) is 2.60. The van der Waals surface area contributed by atoms with Crippen molar-refractivity contribution >= 4 is 28.4 Å². The summed E-state index contributed by atoms with van der Waals surface area (Å²) < 4.78 is 5.49. The maximum atomic E-state index is 6.30. The second-order valence-corrected chi connectivity index (χ2v) is 6.71. The normalized spacial score (nSPS) is 17.3. The highest BCUT2D eigenvalue weighted by Crippen LogP contribution is 2.24. The fourth-order valence-electron chi connectivity index (χ4n) is 3.29. The van der Waals surface area contributed by atoms with Gasteiger partial charge in [-0.15, -0.1) is 0 Å². The molecule has 0 amide bonds. The van der Waals surface area contributed by atoms with E-state index in [1.165, 1.54) is 5.01 Å². The number of rotatable bonds is 4. The first-order valence-electron chi connectivity index (χ1n) is 8.94. The van der Waals surface area contributed by atoms with E-state index in [9.17, 15) is 0 Å². The van der Waals surface area contributed by atoms with Gasteiger partial charge in [-0.1, -0.05) is 12.1 Å². The van der Waals surface area contributed by atoms with Gasteiger partial charge in [0, 0.05) is 18.1 Å². The monoisotopic (exact) mass is 365 g/mol. The molecule has 140 valence electrons. The molecule has 0 spiro atoms. The van der Waals surface area contributed by atoms with E-state index in [0.717, 1.165) is 28.8 Å². The van der Waals surface area contributed by atoms with Crippen molar-refractivity contribution in [3.63, 3.8) is 0 Å². The minimum Gasteiger partial charge on any atom is -0.381 e. The number of morpholine rings is 1. The highest BCUT2D eigenvalue weighted by Gasteiger charge is 2.22. The van der Waals surface area contributed by atoms with Crippen LogP contribution >= 0.6 is 0 Å². The van der Waals surface area contributed by atoms with Crippen molar-refractivity contribution in [3.05, 3.63) is 48.3 Å². The predicted molar refractivity (Wildman–Crippen MR) is 106 cm³/mol. The van der Waals surface area contributed by atoms with Crippen molar-refractivity contribution in [2.75, 3.05) is 35.4 Å². The van der Waals surface area contributed by atoms with Crippen LogP contribution < -0.4 is 21.5 Å². The molecule has 0 saturated carbocycles. The average Bonchev–Trinajstić information content (AvgIpc) is 2.69. The smallest absolute Gasteiger partial charge is 0.188 e. The Morgan fingerprint density at radius 3 is 3.04 bits per heavy atom. The topological polar surface area (TPSA) is 106 Å². The largest absolute Gasteiger partial charge is 0.381 e. The highest BCUT2D eigenvalue weighted by atomic mass is 16.5. The van der Waals surface area contributed by atoms with Crippen LogP contribution in [0.2, 0.25) is 0 Å². The number of benzene rings is 1. The molecule has 8 heteroatoms. The highest BCUT2D eigenvalue weighted by molar-refractivity contribution is 5.79. The molecule has 1 aromatic carbocycles. The standard InChI is InChI=1S/C19H23N7O/c1-13-12-27-8-7-25(13)17-10-23-18(20)19(24-17)26(21)11-14-4-5-16-15(9-14)3-2-6-22-16/h2-6,9-10,13H,7-8,11-12,21H2,1H3,(H2,20,23)/t13-/m0/s1. The zero-order valence-electron chi connectivity index (χ0n) is 15.2. The second-order valence-electron chi connectivity index (χ2n) is 6.71. The zero-order valence-corrected chi connectivity index (χ0v) is 15.2. The van der Waals surface area contributed by atoms with Gasteiger partial charge in [-0.05, 0) is 30.7 Å². The Bertz CT molecular complexity index is 948. The molecule has 27 heavy (non-hydrogen) atoms. The van der Waals surface area contributed by atoms with Crippen LogP contribution in [0.4, 0.5) is 17.5 Å². The lowest BCUT2D eigenvalue weighted by Gasteiger charge is -2.34. The van der Waals surface area contributed by atoms with E-state index in [1.54, 1.807) is 12.4 Å². The van der Waals surface area contributed by atoms with Gasteiger partial charge in [0.1, 0.15) is 5.82 Å². The van der Waals surface area contributed by atoms with Crippen molar-refractivity contribution < 1.29 is 4.74 Å². The first-order chi connectivity index (χ1) is 13.1. The van der Waals surface area contributed by atoms with Gasteiger partial charge in [0.25, 0.3) is 0 Å². The Morgan fingerprint density at radius 1 is 1.30 bits per heavy atom. The number of fused-ring (bicyclic) bond motifs is 1. The van der Waals surface area contributed by atoms with Crippen LogP contribution in [-0.4, -0.2) is 40.8 Å². The maximum absolute atomic E-state index is 6.30. The maximum Gasteiger partial charge on any atom is 0.188 e. The van der Waals surface area contributed by atoms with Crippen LogP contribution in [0.25, 0.3) is 10.9 Å². The van der Waals surface area contributed by atoms with Gasteiger partial charge in [-0.25, -0.2) is 15.8 Å². The van der Waals surface area contributed by atoms with Crippen molar-refractivity contribution in [2.45, 2.75) is 19.5 Å². The molecule has 3 heterocycles. The van der Waals surface area contributed by atoms with Crippen molar-refractivity contribution in [1.29, 1.82) is 0 Å². The molecular formula is C19H23N7O. The third-order valence-electron chi connectivity index (χ3n) is 4.72. The van der Waals surface area contributed by atoms with Gasteiger partial charge < -0.3 is 15.4 Å². The third-order valence-corrected chi connectivity index (χ3v) is 4.72. The SMILES string of the molecule is C[C@H]1COCCN1c1cnc(N)c(N(N)Cc2ccc3ncccc3c2)n1. The van der Waals surface area contributed by atoms with Crippen molar-refractivity contribution in [3.8, 4) is 0 Å². The van der Waals surface area contributed by atoms with E-state index in [-0.39, 0.29) is 6.04 Å². The molecule has 0 bridgehead atoms. The van der Waals surface area contributed by atoms with Crippen LogP contribution in [0, 0.1) is 0 Å². The molecular weight excluding hydrogens is 342 g/mol. The minimum absolute atomic E-state index is 0.226. The van der Waals surface area contributed by atoms with E-state index in [4.69, 9.17) is 16.3 Å². The van der Waals surface area contributed by atoms with E-state index >= 15 is 0 Å². The van der Waals surface area contributed by atoms with Gasteiger partial charge in [-0.3, -0.25) is 9.99 Å². The third kappa shape index (κ3) is 3.62. The van der Waals surface area contributed by atoms with Crippen molar-refractivity contribution in [2.24, 2.45) is 5.84 Å². The summed E-state index contributed by atoms with van der Waals surface area (Å²) in [4.78, 5) is 15.5. The van der Waals surface area contributed by atoms with Crippen LogP contribution in [0.5, 0.6) is 0 Å². The Hall–Kier alpha value is -2.97. The van der Waals surface area contributed by atoms with Crippen LogP contribution in [0.3, 0.4) is 0 Å². The molecule has 2 aromatic heterocycles. The molecule has 8 nitrogen and oxygen atoms in total. The summed E-state index contributed by atoms with van der Waals surface area (Å²) in [6, 6.07) is 10.2. The average molecular weight is 365 g/mol. The second kappa shape index (κ2) is 7.34. The van der Waals surface area contributed by atoms with Crippen LogP contribution in [-0.2, 0) is 11.3 Å². The number of hydrogen-bond donors (Lipinski definition) is 2.